The van der Waals surface area contributed by atoms with Gasteiger partial charge in [-0.3, -0.25) is 14.0 Å². The first kappa shape index (κ1) is 15.6. The standard InChI is InChI=1S/C16H23N5O2/c1-16(2)10-21(8-12(16)11-6-17-19(4)7-11)14(22)13-9-18(3)15(23)20(13)5/h6-7,9,12H,8,10H2,1-5H3. The predicted octanol–water partition coefficient (Wildman–Crippen LogP) is 0.723. The van der Waals surface area contributed by atoms with Crippen LogP contribution in [0.3, 0.4) is 0 Å². The fraction of sp³-hybridized carbons (Fsp3) is 0.562. The largest absolute Gasteiger partial charge is 0.336 e. The van der Waals surface area contributed by atoms with E-state index in [0.717, 1.165) is 5.56 Å². The maximum absolute atomic E-state index is 12.8. The zero-order valence-electron chi connectivity index (χ0n) is 14.3. The van der Waals surface area contributed by atoms with Gasteiger partial charge in [0.2, 0.25) is 0 Å². The van der Waals surface area contributed by atoms with Gasteiger partial charge in [0.1, 0.15) is 5.69 Å². The van der Waals surface area contributed by atoms with Crippen molar-refractivity contribution in [2.75, 3.05) is 13.1 Å². The molecule has 0 radical (unpaired) electrons. The highest BCUT2D eigenvalue weighted by molar-refractivity contribution is 5.92. The number of hydrogen-bond acceptors (Lipinski definition) is 3. The highest BCUT2D eigenvalue weighted by atomic mass is 16.2. The number of aryl methyl sites for hydroxylation is 2. The van der Waals surface area contributed by atoms with Crippen molar-refractivity contribution in [3.63, 3.8) is 0 Å². The van der Waals surface area contributed by atoms with E-state index in [9.17, 15) is 9.59 Å². The number of rotatable bonds is 2. The molecule has 1 saturated heterocycles. The van der Waals surface area contributed by atoms with E-state index in [4.69, 9.17) is 0 Å². The maximum atomic E-state index is 12.8. The molecule has 0 bridgehead atoms. The molecule has 3 rings (SSSR count). The van der Waals surface area contributed by atoms with Crippen LogP contribution < -0.4 is 5.69 Å². The maximum Gasteiger partial charge on any atom is 0.328 e. The molecule has 1 amide bonds. The first-order chi connectivity index (χ1) is 10.7. The third-order valence-electron chi connectivity index (χ3n) is 4.84. The van der Waals surface area contributed by atoms with E-state index in [0.29, 0.717) is 18.8 Å². The molecule has 0 saturated carbocycles. The van der Waals surface area contributed by atoms with Crippen molar-refractivity contribution in [3.8, 4) is 0 Å². The molecule has 1 atom stereocenters. The topological polar surface area (TPSA) is 65.1 Å². The molecule has 124 valence electrons. The number of imidazole rings is 1. The summed E-state index contributed by atoms with van der Waals surface area (Å²) in [6.07, 6.45) is 5.49. The van der Waals surface area contributed by atoms with Crippen molar-refractivity contribution < 1.29 is 4.79 Å². The Morgan fingerprint density at radius 2 is 1.96 bits per heavy atom. The fourth-order valence-electron chi connectivity index (χ4n) is 3.49. The van der Waals surface area contributed by atoms with Gasteiger partial charge in [0, 0.05) is 52.5 Å². The molecule has 2 aromatic rings. The number of aromatic nitrogens is 4. The smallest absolute Gasteiger partial charge is 0.328 e. The van der Waals surface area contributed by atoms with Gasteiger partial charge in [-0.15, -0.1) is 0 Å². The van der Waals surface area contributed by atoms with Crippen molar-refractivity contribution in [2.45, 2.75) is 19.8 Å². The number of nitrogens with zero attached hydrogens (tertiary/aromatic N) is 5. The number of hydrogen-bond donors (Lipinski definition) is 0. The van der Waals surface area contributed by atoms with Crippen molar-refractivity contribution >= 4 is 5.91 Å². The SMILES string of the molecule is Cn1cc(C2CN(C(=O)c3cn(C)c(=O)n3C)CC2(C)C)cn1. The van der Waals surface area contributed by atoms with Crippen molar-refractivity contribution in [1.29, 1.82) is 0 Å². The molecule has 1 aliphatic rings. The van der Waals surface area contributed by atoms with Gasteiger partial charge in [-0.1, -0.05) is 13.8 Å². The third kappa shape index (κ3) is 2.50. The lowest BCUT2D eigenvalue weighted by Gasteiger charge is -2.24. The molecule has 0 aliphatic carbocycles. The van der Waals surface area contributed by atoms with Crippen molar-refractivity contribution in [2.24, 2.45) is 26.6 Å². The Labute approximate surface area is 135 Å². The van der Waals surface area contributed by atoms with Crippen molar-refractivity contribution in [3.05, 3.63) is 40.3 Å². The van der Waals surface area contributed by atoms with E-state index in [-0.39, 0.29) is 22.9 Å². The molecule has 1 fully saturated rings. The van der Waals surface area contributed by atoms with Crippen molar-refractivity contribution in [1.82, 2.24) is 23.8 Å². The minimum atomic E-state index is -0.185. The van der Waals surface area contributed by atoms with E-state index in [2.05, 4.69) is 18.9 Å². The van der Waals surface area contributed by atoms with Crippen LogP contribution in [0.2, 0.25) is 0 Å². The third-order valence-corrected chi connectivity index (χ3v) is 4.84. The normalized spacial score (nSPS) is 20.2. The van der Waals surface area contributed by atoms with E-state index in [1.165, 1.54) is 9.13 Å². The summed E-state index contributed by atoms with van der Waals surface area (Å²) in [6.45, 7) is 5.64. The second-order valence-electron chi connectivity index (χ2n) is 7.14. The van der Waals surface area contributed by atoms with E-state index in [1.54, 1.807) is 25.0 Å². The molecule has 2 aromatic heterocycles. The van der Waals surface area contributed by atoms with Crippen LogP contribution >= 0.6 is 0 Å². The highest BCUT2D eigenvalue weighted by Crippen LogP contribution is 2.42. The molecule has 23 heavy (non-hydrogen) atoms. The Morgan fingerprint density at radius 1 is 1.26 bits per heavy atom. The zero-order valence-corrected chi connectivity index (χ0v) is 14.3. The second-order valence-corrected chi connectivity index (χ2v) is 7.14. The molecule has 3 heterocycles. The molecule has 7 heteroatoms. The van der Waals surface area contributed by atoms with Gasteiger partial charge < -0.3 is 9.47 Å². The lowest BCUT2D eigenvalue weighted by molar-refractivity contribution is 0.0768. The number of carbonyl (C=O) groups excluding carboxylic acids is 1. The van der Waals surface area contributed by atoms with Crippen LogP contribution in [0.5, 0.6) is 0 Å². The molecule has 0 aromatic carbocycles. The summed E-state index contributed by atoms with van der Waals surface area (Å²) >= 11 is 0. The average Bonchev–Trinajstić information content (AvgIpc) is 3.11. The second kappa shape index (κ2) is 5.11. The predicted molar refractivity (Wildman–Crippen MR) is 86.3 cm³/mol. The lowest BCUT2D eigenvalue weighted by Crippen LogP contribution is -2.32. The van der Waals surface area contributed by atoms with Gasteiger partial charge in [0.15, 0.2) is 0 Å². The average molecular weight is 317 g/mol. The summed E-state index contributed by atoms with van der Waals surface area (Å²) in [4.78, 5) is 26.5. The van der Waals surface area contributed by atoms with Crippen LogP contribution in [-0.4, -0.2) is 42.8 Å². The van der Waals surface area contributed by atoms with Gasteiger partial charge >= 0.3 is 5.69 Å². The van der Waals surface area contributed by atoms with Crippen LogP contribution in [0, 0.1) is 5.41 Å². The molecular weight excluding hydrogens is 294 g/mol. The van der Waals surface area contributed by atoms with Gasteiger partial charge in [-0.05, 0) is 11.0 Å². The highest BCUT2D eigenvalue weighted by Gasteiger charge is 2.43. The molecule has 1 aliphatic heterocycles. The van der Waals surface area contributed by atoms with Gasteiger partial charge in [0.05, 0.1) is 6.20 Å². The molecular formula is C16H23N5O2. The molecule has 1 unspecified atom stereocenters. The first-order valence-corrected chi connectivity index (χ1v) is 7.71. The Morgan fingerprint density at radius 3 is 2.48 bits per heavy atom. The Kier molecular flexibility index (Phi) is 3.46. The quantitative estimate of drug-likeness (QED) is 0.820. The van der Waals surface area contributed by atoms with Crippen LogP contribution in [0.1, 0.15) is 35.8 Å². The van der Waals surface area contributed by atoms with Gasteiger partial charge in [-0.25, -0.2) is 4.79 Å². The summed E-state index contributed by atoms with van der Waals surface area (Å²) < 4.78 is 4.64. The Hall–Kier alpha value is -2.31. The Balaban J connectivity index is 1.89. The summed E-state index contributed by atoms with van der Waals surface area (Å²) in [5.41, 5.74) is 1.36. The number of amides is 1. The fourth-order valence-corrected chi connectivity index (χ4v) is 3.49. The number of likely N-dealkylation sites (tertiary alicyclic amines) is 1. The molecule has 0 spiro atoms. The monoisotopic (exact) mass is 317 g/mol. The Bertz CT molecular complexity index is 811. The van der Waals surface area contributed by atoms with Crippen LogP contribution in [0.25, 0.3) is 0 Å². The van der Waals surface area contributed by atoms with E-state index >= 15 is 0 Å². The minimum Gasteiger partial charge on any atom is -0.336 e. The summed E-state index contributed by atoms with van der Waals surface area (Å²) in [5, 5.41) is 4.25. The first-order valence-electron chi connectivity index (χ1n) is 7.71. The summed E-state index contributed by atoms with van der Waals surface area (Å²) in [6, 6.07) is 0. The number of carbonyl (C=O) groups is 1. The lowest BCUT2D eigenvalue weighted by atomic mass is 9.79. The van der Waals surface area contributed by atoms with Gasteiger partial charge in [-0.2, -0.15) is 5.10 Å². The zero-order chi connectivity index (χ0) is 16.9. The van der Waals surface area contributed by atoms with Crippen LogP contribution in [0.15, 0.2) is 23.4 Å². The van der Waals surface area contributed by atoms with Crippen LogP contribution in [0.4, 0.5) is 0 Å². The van der Waals surface area contributed by atoms with E-state index in [1.807, 2.05) is 24.3 Å². The summed E-state index contributed by atoms with van der Waals surface area (Å²) in [7, 11) is 5.19. The van der Waals surface area contributed by atoms with Gasteiger partial charge in [0.25, 0.3) is 5.91 Å². The van der Waals surface area contributed by atoms with Crippen LogP contribution in [-0.2, 0) is 21.1 Å². The molecule has 0 N–H and O–H groups in total. The minimum absolute atomic E-state index is 0.0354. The molecule has 7 nitrogen and oxygen atoms in total. The van der Waals surface area contributed by atoms with E-state index < -0.39 is 0 Å². The summed E-state index contributed by atoms with van der Waals surface area (Å²) in [5.74, 6) is 0.144.